The SMILES string of the molecule is O=C(Nc1ccc2ccccc2c1)c1ccc([N+](=O)[O-])c([N+](=O)[O-])c1. The molecule has 1 N–H and O–H groups in total. The smallest absolute Gasteiger partial charge is 0.322 e. The molecule has 0 aliphatic heterocycles. The highest BCUT2D eigenvalue weighted by Gasteiger charge is 2.25. The summed E-state index contributed by atoms with van der Waals surface area (Å²) in [5.74, 6) is -0.590. The molecule has 3 aromatic carbocycles. The predicted octanol–water partition coefficient (Wildman–Crippen LogP) is 3.91. The summed E-state index contributed by atoms with van der Waals surface area (Å²) in [6, 6.07) is 15.9. The fraction of sp³-hybridized carbons (Fsp3) is 0. The zero-order valence-electron chi connectivity index (χ0n) is 12.7. The molecule has 0 fully saturated rings. The standard InChI is InChI=1S/C17H11N3O5/c21-17(13-6-8-15(19(22)23)16(10-13)20(24)25)18-14-7-5-11-3-1-2-4-12(11)9-14/h1-10H,(H,18,21). The molecule has 0 heterocycles. The number of rotatable bonds is 4. The molecule has 3 aromatic rings. The van der Waals surface area contributed by atoms with E-state index >= 15 is 0 Å². The maximum Gasteiger partial charge on any atom is 0.346 e. The predicted molar refractivity (Wildman–Crippen MR) is 91.7 cm³/mol. The molecule has 124 valence electrons. The van der Waals surface area contributed by atoms with Gasteiger partial charge in [0.1, 0.15) is 0 Å². The van der Waals surface area contributed by atoms with Gasteiger partial charge in [0, 0.05) is 23.4 Å². The van der Waals surface area contributed by atoms with Gasteiger partial charge in [-0.1, -0.05) is 30.3 Å². The third-order valence-electron chi connectivity index (χ3n) is 3.64. The lowest BCUT2D eigenvalue weighted by atomic mass is 10.1. The molecule has 25 heavy (non-hydrogen) atoms. The van der Waals surface area contributed by atoms with Crippen LogP contribution in [0.2, 0.25) is 0 Å². The molecule has 0 spiro atoms. The number of nitro groups is 2. The number of benzene rings is 3. The first-order valence-electron chi connectivity index (χ1n) is 7.19. The van der Waals surface area contributed by atoms with E-state index in [0.717, 1.165) is 22.9 Å². The van der Waals surface area contributed by atoms with Gasteiger partial charge in [-0.05, 0) is 29.0 Å². The molecule has 0 saturated carbocycles. The molecular weight excluding hydrogens is 326 g/mol. The summed E-state index contributed by atoms with van der Waals surface area (Å²) in [6.07, 6.45) is 0. The van der Waals surface area contributed by atoms with Crippen molar-refractivity contribution in [2.75, 3.05) is 5.32 Å². The third-order valence-corrected chi connectivity index (χ3v) is 3.64. The van der Waals surface area contributed by atoms with E-state index in [1.165, 1.54) is 6.07 Å². The van der Waals surface area contributed by atoms with Crippen LogP contribution in [0.15, 0.2) is 60.7 Å². The second kappa shape index (κ2) is 6.36. The van der Waals surface area contributed by atoms with E-state index in [-0.39, 0.29) is 5.56 Å². The number of fused-ring (bicyclic) bond motifs is 1. The molecule has 0 saturated heterocycles. The molecule has 0 radical (unpaired) electrons. The molecule has 0 unspecified atom stereocenters. The van der Waals surface area contributed by atoms with Crippen LogP contribution in [0.5, 0.6) is 0 Å². The number of anilines is 1. The zero-order valence-corrected chi connectivity index (χ0v) is 12.7. The molecule has 0 aliphatic carbocycles. The van der Waals surface area contributed by atoms with Crippen molar-refractivity contribution in [1.82, 2.24) is 0 Å². The average molecular weight is 337 g/mol. The number of nitrogens with zero attached hydrogens (tertiary/aromatic N) is 2. The van der Waals surface area contributed by atoms with E-state index in [4.69, 9.17) is 0 Å². The molecule has 0 atom stereocenters. The quantitative estimate of drug-likeness (QED) is 0.572. The molecule has 8 heteroatoms. The van der Waals surface area contributed by atoms with Gasteiger partial charge in [-0.25, -0.2) is 0 Å². The topological polar surface area (TPSA) is 115 Å². The highest BCUT2D eigenvalue weighted by Crippen LogP contribution is 2.28. The lowest BCUT2D eigenvalue weighted by Gasteiger charge is -2.07. The summed E-state index contributed by atoms with van der Waals surface area (Å²) in [4.78, 5) is 32.4. The van der Waals surface area contributed by atoms with Crippen LogP contribution in [0.4, 0.5) is 17.1 Å². The number of carbonyl (C=O) groups is 1. The Balaban J connectivity index is 1.90. The van der Waals surface area contributed by atoms with Gasteiger partial charge in [-0.2, -0.15) is 0 Å². The number of hydrogen-bond acceptors (Lipinski definition) is 5. The Morgan fingerprint density at radius 2 is 1.48 bits per heavy atom. The van der Waals surface area contributed by atoms with Crippen molar-refractivity contribution >= 4 is 33.7 Å². The first-order chi connectivity index (χ1) is 12.0. The first kappa shape index (κ1) is 16.1. The molecule has 0 aliphatic rings. The van der Waals surface area contributed by atoms with Gasteiger partial charge in [0.05, 0.1) is 9.85 Å². The summed E-state index contributed by atoms with van der Waals surface area (Å²) >= 11 is 0. The van der Waals surface area contributed by atoms with Crippen LogP contribution in [0.3, 0.4) is 0 Å². The van der Waals surface area contributed by atoms with Gasteiger partial charge in [0.2, 0.25) is 0 Å². The molecule has 1 amide bonds. The third kappa shape index (κ3) is 3.27. The normalized spacial score (nSPS) is 10.4. The summed E-state index contributed by atoms with van der Waals surface area (Å²) in [5, 5.41) is 26.4. The largest absolute Gasteiger partial charge is 0.346 e. The van der Waals surface area contributed by atoms with Crippen molar-refractivity contribution in [1.29, 1.82) is 0 Å². The summed E-state index contributed by atoms with van der Waals surface area (Å²) < 4.78 is 0. The fourth-order valence-corrected chi connectivity index (χ4v) is 2.44. The summed E-state index contributed by atoms with van der Waals surface area (Å²) in [7, 11) is 0. The number of nitrogens with one attached hydrogen (secondary N) is 1. The molecular formula is C17H11N3O5. The van der Waals surface area contributed by atoms with Crippen molar-refractivity contribution in [2.24, 2.45) is 0 Å². The van der Waals surface area contributed by atoms with Crippen LogP contribution < -0.4 is 5.32 Å². The number of amides is 1. The Kier molecular flexibility index (Phi) is 4.09. The molecule has 3 rings (SSSR count). The molecule has 0 aromatic heterocycles. The minimum atomic E-state index is -0.884. The van der Waals surface area contributed by atoms with Crippen LogP contribution in [-0.4, -0.2) is 15.8 Å². The Morgan fingerprint density at radius 3 is 2.16 bits per heavy atom. The van der Waals surface area contributed by atoms with E-state index < -0.39 is 27.1 Å². The van der Waals surface area contributed by atoms with Crippen molar-refractivity contribution in [3.63, 3.8) is 0 Å². The second-order valence-corrected chi connectivity index (χ2v) is 5.23. The van der Waals surface area contributed by atoms with E-state index in [1.54, 1.807) is 12.1 Å². The Morgan fingerprint density at radius 1 is 0.800 bits per heavy atom. The van der Waals surface area contributed by atoms with Crippen LogP contribution in [-0.2, 0) is 0 Å². The lowest BCUT2D eigenvalue weighted by Crippen LogP contribution is -2.12. The fourth-order valence-electron chi connectivity index (χ4n) is 2.44. The van der Waals surface area contributed by atoms with Crippen LogP contribution >= 0.6 is 0 Å². The summed E-state index contributed by atoms with van der Waals surface area (Å²) in [6.45, 7) is 0. The van der Waals surface area contributed by atoms with E-state index in [9.17, 15) is 25.0 Å². The van der Waals surface area contributed by atoms with Gasteiger partial charge in [0.25, 0.3) is 5.91 Å². The van der Waals surface area contributed by atoms with Crippen LogP contribution in [0, 0.1) is 20.2 Å². The van der Waals surface area contributed by atoms with Crippen LogP contribution in [0.1, 0.15) is 10.4 Å². The van der Waals surface area contributed by atoms with Gasteiger partial charge in [-0.3, -0.25) is 25.0 Å². The number of carbonyl (C=O) groups excluding carboxylic acids is 1. The van der Waals surface area contributed by atoms with E-state index in [0.29, 0.717) is 5.69 Å². The highest BCUT2D eigenvalue weighted by molar-refractivity contribution is 6.05. The number of hydrogen-bond donors (Lipinski definition) is 1. The monoisotopic (exact) mass is 337 g/mol. The Bertz CT molecular complexity index is 1020. The van der Waals surface area contributed by atoms with Gasteiger partial charge < -0.3 is 5.32 Å². The van der Waals surface area contributed by atoms with Crippen molar-refractivity contribution in [3.05, 3.63) is 86.5 Å². The van der Waals surface area contributed by atoms with E-state index in [2.05, 4.69) is 5.32 Å². The number of nitro benzene ring substituents is 2. The van der Waals surface area contributed by atoms with E-state index in [1.807, 2.05) is 30.3 Å². The second-order valence-electron chi connectivity index (χ2n) is 5.23. The van der Waals surface area contributed by atoms with Crippen molar-refractivity contribution < 1.29 is 14.6 Å². The highest BCUT2D eigenvalue weighted by atomic mass is 16.6. The maximum absolute atomic E-state index is 12.3. The Hall–Kier alpha value is -3.81. The van der Waals surface area contributed by atoms with Gasteiger partial charge >= 0.3 is 11.4 Å². The van der Waals surface area contributed by atoms with Gasteiger partial charge in [0.15, 0.2) is 0 Å². The van der Waals surface area contributed by atoms with Crippen molar-refractivity contribution in [2.45, 2.75) is 0 Å². The first-order valence-corrected chi connectivity index (χ1v) is 7.19. The summed E-state index contributed by atoms with van der Waals surface area (Å²) in [5.41, 5.74) is -0.904. The minimum Gasteiger partial charge on any atom is -0.322 e. The average Bonchev–Trinajstić information content (AvgIpc) is 2.60. The molecule has 8 nitrogen and oxygen atoms in total. The Labute approximate surface area is 141 Å². The van der Waals surface area contributed by atoms with Crippen LogP contribution in [0.25, 0.3) is 10.8 Å². The minimum absolute atomic E-state index is 0.0366. The van der Waals surface area contributed by atoms with Gasteiger partial charge in [-0.15, -0.1) is 0 Å². The van der Waals surface area contributed by atoms with Crippen molar-refractivity contribution in [3.8, 4) is 0 Å². The lowest BCUT2D eigenvalue weighted by molar-refractivity contribution is -0.422. The molecule has 0 bridgehead atoms. The zero-order chi connectivity index (χ0) is 18.0. The maximum atomic E-state index is 12.3.